The SMILES string of the molecule is C#CC(O)(c1ccc(OC)cc1)[C@H]1C=CC(OC)=CC1. The molecule has 0 radical (unpaired) electrons. The van der Waals surface area contributed by atoms with Gasteiger partial charge in [0.25, 0.3) is 0 Å². The first kappa shape index (κ1) is 14.2. The third kappa shape index (κ3) is 2.56. The first-order chi connectivity index (χ1) is 9.63. The Morgan fingerprint density at radius 1 is 1.25 bits per heavy atom. The minimum atomic E-state index is -1.33. The lowest BCUT2D eigenvalue weighted by molar-refractivity contribution is 0.0547. The summed E-state index contributed by atoms with van der Waals surface area (Å²) in [6.07, 6.45) is 11.9. The maximum atomic E-state index is 10.8. The van der Waals surface area contributed by atoms with Gasteiger partial charge >= 0.3 is 0 Å². The van der Waals surface area contributed by atoms with E-state index in [1.165, 1.54) is 0 Å². The van der Waals surface area contributed by atoms with Crippen molar-refractivity contribution in [3.8, 4) is 18.1 Å². The average molecular weight is 270 g/mol. The number of hydrogen-bond acceptors (Lipinski definition) is 3. The molecule has 3 nitrogen and oxygen atoms in total. The highest BCUT2D eigenvalue weighted by Gasteiger charge is 2.35. The van der Waals surface area contributed by atoms with Crippen LogP contribution in [0.3, 0.4) is 0 Å². The van der Waals surface area contributed by atoms with E-state index in [-0.39, 0.29) is 5.92 Å². The van der Waals surface area contributed by atoms with Crippen molar-refractivity contribution in [1.82, 2.24) is 0 Å². The van der Waals surface area contributed by atoms with Crippen LogP contribution in [-0.4, -0.2) is 19.3 Å². The highest BCUT2D eigenvalue weighted by atomic mass is 16.5. The van der Waals surface area contributed by atoms with E-state index in [1.807, 2.05) is 18.2 Å². The topological polar surface area (TPSA) is 38.7 Å². The van der Waals surface area contributed by atoms with Crippen molar-refractivity contribution in [1.29, 1.82) is 0 Å². The Labute approximate surface area is 119 Å². The number of aliphatic hydroxyl groups is 1. The fraction of sp³-hybridized carbons (Fsp3) is 0.294. The van der Waals surface area contributed by atoms with E-state index in [0.29, 0.717) is 12.0 Å². The van der Waals surface area contributed by atoms with E-state index >= 15 is 0 Å². The summed E-state index contributed by atoms with van der Waals surface area (Å²) < 4.78 is 10.3. The molecular weight excluding hydrogens is 252 g/mol. The van der Waals surface area contributed by atoms with Gasteiger partial charge in [-0.05, 0) is 36.3 Å². The van der Waals surface area contributed by atoms with Gasteiger partial charge in [0.05, 0.1) is 14.2 Å². The maximum absolute atomic E-state index is 10.8. The van der Waals surface area contributed by atoms with Gasteiger partial charge in [0.2, 0.25) is 0 Å². The molecule has 1 N–H and O–H groups in total. The van der Waals surface area contributed by atoms with Crippen LogP contribution in [0.25, 0.3) is 0 Å². The second-order valence-corrected chi connectivity index (χ2v) is 4.65. The van der Waals surface area contributed by atoms with Gasteiger partial charge in [-0.3, -0.25) is 0 Å². The quantitative estimate of drug-likeness (QED) is 0.855. The van der Waals surface area contributed by atoms with E-state index in [9.17, 15) is 5.11 Å². The smallest absolute Gasteiger partial charge is 0.157 e. The minimum Gasteiger partial charge on any atom is -0.497 e. The standard InChI is InChI=1S/C17H18O3/c1-4-17(18,13-5-9-15(19-2)10-6-13)14-7-11-16(20-3)12-8-14/h1,5-7,9-12,14,18H,8H2,2-3H3/t14-,17?/m0/s1. The molecule has 20 heavy (non-hydrogen) atoms. The number of terminal acetylenes is 1. The summed E-state index contributed by atoms with van der Waals surface area (Å²) in [4.78, 5) is 0. The van der Waals surface area contributed by atoms with Crippen LogP contribution in [-0.2, 0) is 10.3 Å². The lowest BCUT2D eigenvalue weighted by atomic mass is 9.78. The van der Waals surface area contributed by atoms with Crippen molar-refractivity contribution >= 4 is 0 Å². The molecule has 0 heterocycles. The molecule has 2 atom stereocenters. The van der Waals surface area contributed by atoms with Crippen molar-refractivity contribution in [2.45, 2.75) is 12.0 Å². The first-order valence-corrected chi connectivity index (χ1v) is 6.41. The second-order valence-electron chi connectivity index (χ2n) is 4.65. The van der Waals surface area contributed by atoms with E-state index in [1.54, 1.807) is 38.5 Å². The molecule has 0 amide bonds. The van der Waals surface area contributed by atoms with Crippen molar-refractivity contribution in [3.05, 3.63) is 53.8 Å². The monoisotopic (exact) mass is 270 g/mol. The lowest BCUT2D eigenvalue weighted by Crippen LogP contribution is -2.33. The van der Waals surface area contributed by atoms with Crippen molar-refractivity contribution in [3.63, 3.8) is 0 Å². The van der Waals surface area contributed by atoms with Gasteiger partial charge in [-0.15, -0.1) is 6.42 Å². The van der Waals surface area contributed by atoms with Gasteiger partial charge in [-0.25, -0.2) is 0 Å². The molecule has 0 bridgehead atoms. The predicted molar refractivity (Wildman–Crippen MR) is 78.1 cm³/mol. The minimum absolute atomic E-state index is 0.181. The molecule has 3 heteroatoms. The van der Waals surface area contributed by atoms with E-state index in [4.69, 9.17) is 15.9 Å². The molecule has 104 valence electrons. The molecule has 1 aromatic carbocycles. The summed E-state index contributed by atoms with van der Waals surface area (Å²) in [5.74, 6) is 3.87. The third-order valence-corrected chi connectivity index (χ3v) is 3.59. The molecule has 1 aliphatic carbocycles. The Kier molecular flexibility index (Phi) is 4.16. The number of allylic oxidation sites excluding steroid dienone is 2. The van der Waals surface area contributed by atoms with Crippen LogP contribution in [0.2, 0.25) is 0 Å². The van der Waals surface area contributed by atoms with E-state index in [2.05, 4.69) is 5.92 Å². The normalized spacial score (nSPS) is 20.5. The maximum Gasteiger partial charge on any atom is 0.157 e. The van der Waals surface area contributed by atoms with Crippen LogP contribution < -0.4 is 4.74 Å². The fourth-order valence-corrected chi connectivity index (χ4v) is 2.31. The Balaban J connectivity index is 2.28. The van der Waals surface area contributed by atoms with E-state index in [0.717, 1.165) is 11.5 Å². The zero-order valence-corrected chi connectivity index (χ0v) is 11.7. The highest BCUT2D eigenvalue weighted by Crippen LogP contribution is 2.35. The molecule has 0 spiro atoms. The molecule has 0 saturated heterocycles. The summed E-state index contributed by atoms with van der Waals surface area (Å²) in [6.45, 7) is 0. The molecule has 0 saturated carbocycles. The molecule has 0 fully saturated rings. The molecule has 0 aromatic heterocycles. The van der Waals surface area contributed by atoms with Gasteiger partial charge in [-0.1, -0.05) is 24.1 Å². The van der Waals surface area contributed by atoms with Crippen molar-refractivity contribution in [2.75, 3.05) is 14.2 Å². The highest BCUT2D eigenvalue weighted by molar-refractivity contribution is 5.38. The van der Waals surface area contributed by atoms with Crippen LogP contribution in [0.5, 0.6) is 5.75 Å². The van der Waals surface area contributed by atoms with Gasteiger partial charge < -0.3 is 14.6 Å². The number of ether oxygens (including phenoxy) is 2. The lowest BCUT2D eigenvalue weighted by Gasteiger charge is -2.31. The number of rotatable bonds is 4. The number of hydrogen-bond donors (Lipinski definition) is 1. The summed E-state index contributed by atoms with van der Waals surface area (Å²) >= 11 is 0. The third-order valence-electron chi connectivity index (χ3n) is 3.59. The van der Waals surface area contributed by atoms with Crippen LogP contribution >= 0.6 is 0 Å². The van der Waals surface area contributed by atoms with Crippen LogP contribution in [0.1, 0.15) is 12.0 Å². The Morgan fingerprint density at radius 3 is 2.40 bits per heavy atom. The number of methoxy groups -OCH3 is 2. The Hall–Kier alpha value is -2.18. The van der Waals surface area contributed by atoms with Gasteiger partial charge in [-0.2, -0.15) is 0 Å². The predicted octanol–water partition coefficient (Wildman–Crippen LogP) is 2.62. The summed E-state index contributed by atoms with van der Waals surface area (Å²) in [5, 5.41) is 10.8. The summed E-state index contributed by atoms with van der Waals surface area (Å²) in [5.41, 5.74) is -0.650. The summed E-state index contributed by atoms with van der Waals surface area (Å²) in [6, 6.07) is 7.17. The van der Waals surface area contributed by atoms with Gasteiger partial charge in [0.1, 0.15) is 11.5 Å². The Bertz CT molecular complexity index is 563. The first-order valence-electron chi connectivity index (χ1n) is 6.41. The van der Waals surface area contributed by atoms with Crippen molar-refractivity contribution < 1.29 is 14.6 Å². The van der Waals surface area contributed by atoms with Crippen LogP contribution in [0, 0.1) is 18.3 Å². The second kappa shape index (κ2) is 5.85. The molecular formula is C17H18O3. The van der Waals surface area contributed by atoms with Crippen molar-refractivity contribution in [2.24, 2.45) is 5.92 Å². The molecule has 0 aliphatic heterocycles. The summed E-state index contributed by atoms with van der Waals surface area (Å²) in [7, 11) is 3.22. The molecule has 1 aromatic rings. The molecule has 1 aliphatic rings. The Morgan fingerprint density at radius 2 is 1.95 bits per heavy atom. The van der Waals surface area contributed by atoms with Crippen LogP contribution in [0.4, 0.5) is 0 Å². The average Bonchev–Trinajstić information content (AvgIpc) is 2.54. The fourth-order valence-electron chi connectivity index (χ4n) is 2.31. The zero-order chi connectivity index (χ0) is 14.6. The largest absolute Gasteiger partial charge is 0.497 e. The van der Waals surface area contributed by atoms with Crippen LogP contribution in [0.15, 0.2) is 48.3 Å². The van der Waals surface area contributed by atoms with Gasteiger partial charge in [0.15, 0.2) is 5.60 Å². The molecule has 1 unspecified atom stereocenters. The van der Waals surface area contributed by atoms with Gasteiger partial charge in [0, 0.05) is 5.92 Å². The molecule has 2 rings (SSSR count). The van der Waals surface area contributed by atoms with E-state index < -0.39 is 5.60 Å². The zero-order valence-electron chi connectivity index (χ0n) is 11.7. The number of benzene rings is 1.